The molecule has 2 aromatic carbocycles. The summed E-state index contributed by atoms with van der Waals surface area (Å²) in [7, 11) is 0. The second-order valence-electron chi connectivity index (χ2n) is 7.75. The first-order valence-corrected chi connectivity index (χ1v) is 10.5. The zero-order valence-electron chi connectivity index (χ0n) is 18.8. The van der Waals surface area contributed by atoms with Gasteiger partial charge in [0, 0.05) is 5.39 Å². The fraction of sp³-hybridized carbons (Fsp3) is 0.200. The average molecular weight is 446 g/mol. The van der Waals surface area contributed by atoms with E-state index in [1.165, 1.54) is 29.1 Å². The molecule has 2 heterocycles. The molecule has 0 radical (unpaired) electrons. The Balaban J connectivity index is 1.86. The van der Waals surface area contributed by atoms with Gasteiger partial charge < -0.3 is 10.1 Å². The number of carbonyl (C=O) groups excluding carboxylic acids is 2. The maximum Gasteiger partial charge on any atom is 0.343 e. The van der Waals surface area contributed by atoms with Crippen molar-refractivity contribution in [3.63, 3.8) is 0 Å². The molecule has 0 saturated heterocycles. The molecule has 0 bridgehead atoms. The lowest BCUT2D eigenvalue weighted by Gasteiger charge is -2.13. The van der Waals surface area contributed by atoms with Crippen molar-refractivity contribution in [1.29, 1.82) is 0 Å². The quantitative estimate of drug-likeness (QED) is 0.440. The van der Waals surface area contributed by atoms with Crippen LogP contribution in [0.1, 0.15) is 44.3 Å². The Labute approximate surface area is 190 Å². The summed E-state index contributed by atoms with van der Waals surface area (Å²) in [6.07, 6.45) is 1.30. The number of amides is 1. The fourth-order valence-electron chi connectivity index (χ4n) is 3.76. The molecule has 0 saturated carbocycles. The molecule has 1 N–H and O–H groups in total. The van der Waals surface area contributed by atoms with Crippen LogP contribution in [-0.4, -0.2) is 33.2 Å². The number of hydrogen-bond donors (Lipinski definition) is 1. The number of esters is 1. The SMILES string of the molecule is CCOC(=O)c1cnn(-c2cc(C)c3cc(C)cc(C)c3n2)c1NC(=O)c1ccccc1F. The summed E-state index contributed by atoms with van der Waals surface area (Å²) in [5.74, 6) is -1.59. The second-order valence-corrected chi connectivity index (χ2v) is 7.75. The Morgan fingerprint density at radius 3 is 2.55 bits per heavy atom. The third-order valence-electron chi connectivity index (χ3n) is 5.27. The molecule has 0 unspecified atom stereocenters. The number of ether oxygens (including phenoxy) is 1. The number of halogens is 1. The third kappa shape index (κ3) is 4.19. The van der Waals surface area contributed by atoms with Gasteiger partial charge >= 0.3 is 5.97 Å². The minimum atomic E-state index is -0.718. The summed E-state index contributed by atoms with van der Waals surface area (Å²) in [6.45, 7) is 7.78. The van der Waals surface area contributed by atoms with Gasteiger partial charge in [-0.3, -0.25) is 4.79 Å². The zero-order valence-corrected chi connectivity index (χ0v) is 18.8. The highest BCUT2D eigenvalue weighted by Gasteiger charge is 2.24. The van der Waals surface area contributed by atoms with Crippen molar-refractivity contribution in [2.75, 3.05) is 11.9 Å². The minimum absolute atomic E-state index is 0.0433. The monoisotopic (exact) mass is 446 g/mol. The summed E-state index contributed by atoms with van der Waals surface area (Å²) in [4.78, 5) is 30.1. The van der Waals surface area contributed by atoms with Crippen molar-refractivity contribution < 1.29 is 18.7 Å². The smallest absolute Gasteiger partial charge is 0.343 e. The molecule has 0 aliphatic heterocycles. The second kappa shape index (κ2) is 8.82. The lowest BCUT2D eigenvalue weighted by Crippen LogP contribution is -2.19. The largest absolute Gasteiger partial charge is 0.462 e. The van der Waals surface area contributed by atoms with Crippen LogP contribution in [-0.2, 0) is 4.74 Å². The topological polar surface area (TPSA) is 86.1 Å². The number of fused-ring (bicyclic) bond motifs is 1. The third-order valence-corrected chi connectivity index (χ3v) is 5.27. The van der Waals surface area contributed by atoms with Crippen LogP contribution in [0.15, 0.2) is 48.7 Å². The van der Waals surface area contributed by atoms with Crippen molar-refractivity contribution in [1.82, 2.24) is 14.8 Å². The highest BCUT2D eigenvalue weighted by molar-refractivity contribution is 6.07. The van der Waals surface area contributed by atoms with E-state index in [2.05, 4.69) is 16.5 Å². The fourth-order valence-corrected chi connectivity index (χ4v) is 3.76. The van der Waals surface area contributed by atoms with Gasteiger partial charge in [0.1, 0.15) is 11.4 Å². The first-order valence-electron chi connectivity index (χ1n) is 10.5. The molecular weight excluding hydrogens is 423 g/mol. The van der Waals surface area contributed by atoms with E-state index in [1.807, 2.05) is 32.9 Å². The summed E-state index contributed by atoms with van der Waals surface area (Å²) in [5, 5.41) is 7.93. The van der Waals surface area contributed by atoms with Crippen LogP contribution in [0.3, 0.4) is 0 Å². The molecule has 0 spiro atoms. The van der Waals surface area contributed by atoms with E-state index >= 15 is 0 Å². The number of anilines is 1. The molecule has 168 valence electrons. The number of aryl methyl sites for hydroxylation is 3. The van der Waals surface area contributed by atoms with Crippen LogP contribution in [0.4, 0.5) is 10.2 Å². The van der Waals surface area contributed by atoms with E-state index in [9.17, 15) is 14.0 Å². The number of benzene rings is 2. The van der Waals surface area contributed by atoms with Gasteiger partial charge in [0.15, 0.2) is 11.6 Å². The molecule has 33 heavy (non-hydrogen) atoms. The maximum atomic E-state index is 14.2. The van der Waals surface area contributed by atoms with Crippen molar-refractivity contribution >= 4 is 28.6 Å². The first-order chi connectivity index (χ1) is 15.8. The van der Waals surface area contributed by atoms with Gasteiger partial charge in [-0.2, -0.15) is 9.78 Å². The number of carbonyl (C=O) groups is 2. The van der Waals surface area contributed by atoms with Crippen LogP contribution in [0.2, 0.25) is 0 Å². The summed E-state index contributed by atoms with van der Waals surface area (Å²) < 4.78 is 20.7. The predicted molar refractivity (Wildman–Crippen MR) is 123 cm³/mol. The number of rotatable bonds is 5. The molecule has 8 heteroatoms. The lowest BCUT2D eigenvalue weighted by atomic mass is 10.0. The Hall–Kier alpha value is -4.07. The molecule has 0 fully saturated rings. The van der Waals surface area contributed by atoms with E-state index in [1.54, 1.807) is 13.0 Å². The zero-order chi connectivity index (χ0) is 23.7. The van der Waals surface area contributed by atoms with Gasteiger partial charge in [0.2, 0.25) is 0 Å². The summed E-state index contributed by atoms with van der Waals surface area (Å²) in [6, 6.07) is 11.5. The van der Waals surface area contributed by atoms with E-state index < -0.39 is 17.7 Å². The van der Waals surface area contributed by atoms with Crippen molar-refractivity contribution in [3.05, 3.63) is 82.3 Å². The number of aromatic nitrogens is 3. The van der Waals surface area contributed by atoms with E-state index in [0.29, 0.717) is 5.82 Å². The molecular formula is C25H23FN4O3. The van der Waals surface area contributed by atoms with Gasteiger partial charge in [-0.05, 0) is 63.1 Å². The number of hydrogen-bond acceptors (Lipinski definition) is 5. The maximum absolute atomic E-state index is 14.2. The molecule has 0 atom stereocenters. The van der Waals surface area contributed by atoms with E-state index in [0.717, 1.165) is 27.6 Å². The van der Waals surface area contributed by atoms with Gasteiger partial charge in [-0.25, -0.2) is 14.2 Å². The van der Waals surface area contributed by atoms with Crippen molar-refractivity contribution in [3.8, 4) is 5.82 Å². The Bertz CT molecular complexity index is 1390. The van der Waals surface area contributed by atoms with Crippen LogP contribution in [0.5, 0.6) is 0 Å². The highest BCUT2D eigenvalue weighted by atomic mass is 19.1. The van der Waals surface area contributed by atoms with Crippen LogP contribution >= 0.6 is 0 Å². The highest BCUT2D eigenvalue weighted by Crippen LogP contribution is 2.27. The van der Waals surface area contributed by atoms with Crippen molar-refractivity contribution in [2.24, 2.45) is 0 Å². The molecule has 0 aliphatic carbocycles. The number of nitrogens with one attached hydrogen (secondary N) is 1. The van der Waals surface area contributed by atoms with Gasteiger partial charge in [-0.15, -0.1) is 0 Å². The van der Waals surface area contributed by atoms with E-state index in [4.69, 9.17) is 9.72 Å². The average Bonchev–Trinajstić information content (AvgIpc) is 3.18. The predicted octanol–water partition coefficient (Wildman–Crippen LogP) is 4.91. The minimum Gasteiger partial charge on any atom is -0.462 e. The normalized spacial score (nSPS) is 10.9. The lowest BCUT2D eigenvalue weighted by molar-refractivity contribution is 0.0527. The number of pyridine rings is 1. The Morgan fingerprint density at radius 2 is 1.82 bits per heavy atom. The van der Waals surface area contributed by atoms with Crippen molar-refractivity contribution in [2.45, 2.75) is 27.7 Å². The Kier molecular flexibility index (Phi) is 5.91. The standard InChI is InChI=1S/C25H23FN4O3/c1-5-33-25(32)19-13-27-30(23(19)29-24(31)17-8-6-7-9-20(17)26)21-12-15(3)18-11-14(2)10-16(4)22(18)28-21/h6-13H,5H2,1-4H3,(H,29,31). The summed E-state index contributed by atoms with van der Waals surface area (Å²) >= 11 is 0. The summed E-state index contributed by atoms with van der Waals surface area (Å²) in [5.41, 5.74) is 3.75. The first kappa shape index (κ1) is 22.1. The van der Waals surface area contributed by atoms with Crippen LogP contribution in [0, 0.1) is 26.6 Å². The molecule has 1 amide bonds. The van der Waals surface area contributed by atoms with Gasteiger partial charge in [-0.1, -0.05) is 23.8 Å². The van der Waals surface area contributed by atoms with Gasteiger partial charge in [0.25, 0.3) is 5.91 Å². The molecule has 7 nitrogen and oxygen atoms in total. The van der Waals surface area contributed by atoms with Crippen LogP contribution < -0.4 is 5.32 Å². The Morgan fingerprint density at radius 1 is 1.06 bits per heavy atom. The molecule has 4 aromatic rings. The van der Waals surface area contributed by atoms with E-state index in [-0.39, 0.29) is 23.6 Å². The van der Waals surface area contributed by atoms with Crippen LogP contribution in [0.25, 0.3) is 16.7 Å². The van der Waals surface area contributed by atoms with Gasteiger partial charge in [0.05, 0.1) is 23.9 Å². The molecule has 0 aliphatic rings. The molecule has 2 aromatic heterocycles. The number of nitrogens with zero attached hydrogens (tertiary/aromatic N) is 3. The molecule has 4 rings (SSSR count).